The summed E-state index contributed by atoms with van der Waals surface area (Å²) in [5.74, 6) is -0.399. The number of hydrogen-bond acceptors (Lipinski definition) is 5. The molecular weight excluding hydrogens is 322 g/mol. The number of fused-ring (bicyclic) bond motifs is 1. The summed E-state index contributed by atoms with van der Waals surface area (Å²) < 4.78 is 0. The van der Waals surface area contributed by atoms with E-state index in [0.29, 0.717) is 27.0 Å². The van der Waals surface area contributed by atoms with Gasteiger partial charge in [0.2, 0.25) is 5.60 Å². The molecule has 0 saturated carbocycles. The van der Waals surface area contributed by atoms with E-state index in [-0.39, 0.29) is 0 Å². The topological polar surface area (TPSA) is 79.5 Å². The summed E-state index contributed by atoms with van der Waals surface area (Å²) in [7, 11) is 1.66. The molecule has 24 heavy (non-hydrogen) atoms. The van der Waals surface area contributed by atoms with Gasteiger partial charge >= 0.3 is 0 Å². The molecule has 2 heterocycles. The van der Waals surface area contributed by atoms with Crippen LogP contribution in [0, 0.1) is 0 Å². The van der Waals surface area contributed by atoms with E-state index in [9.17, 15) is 9.90 Å². The van der Waals surface area contributed by atoms with Crippen molar-refractivity contribution in [1.29, 1.82) is 0 Å². The van der Waals surface area contributed by atoms with Gasteiger partial charge in [0.25, 0.3) is 5.91 Å². The van der Waals surface area contributed by atoms with Gasteiger partial charge in [0.05, 0.1) is 16.3 Å². The third kappa shape index (κ3) is 1.90. The number of carbonyl (C=O) groups is 1. The van der Waals surface area contributed by atoms with Crippen LogP contribution in [0.3, 0.4) is 0 Å². The van der Waals surface area contributed by atoms with Crippen molar-refractivity contribution in [3.05, 3.63) is 65.0 Å². The Balaban J connectivity index is 1.99. The largest absolute Gasteiger partial charge is 0.375 e. The number of para-hydroxylation sites is 1. The number of aliphatic hydroxyl groups is 1. The number of nitrogen functional groups attached to an aromatic ring is 1. The van der Waals surface area contributed by atoms with Crippen molar-refractivity contribution in [2.45, 2.75) is 5.60 Å². The fraction of sp³-hybridized carbons (Fsp3) is 0.111. The SMILES string of the molecule is CN1C(=O)[C@](O)(c2sc(N)nc2-c2ccccc2)c2ccccc21. The molecule has 1 aliphatic rings. The molecule has 1 aliphatic heterocycles. The Morgan fingerprint density at radius 3 is 2.54 bits per heavy atom. The van der Waals surface area contributed by atoms with Crippen LogP contribution in [0.4, 0.5) is 10.8 Å². The first-order valence-electron chi connectivity index (χ1n) is 7.45. The molecule has 120 valence electrons. The van der Waals surface area contributed by atoms with Crippen molar-refractivity contribution in [1.82, 2.24) is 4.98 Å². The first kappa shape index (κ1) is 14.9. The Kier molecular flexibility index (Phi) is 3.19. The Bertz CT molecular complexity index is 938. The number of nitrogens with zero attached hydrogens (tertiary/aromatic N) is 2. The number of anilines is 2. The molecule has 4 rings (SSSR count). The quantitative estimate of drug-likeness (QED) is 0.753. The van der Waals surface area contributed by atoms with Crippen LogP contribution in [0.15, 0.2) is 54.6 Å². The molecule has 0 aliphatic carbocycles. The molecule has 0 bridgehead atoms. The molecule has 1 aromatic heterocycles. The number of amides is 1. The number of aromatic nitrogens is 1. The van der Waals surface area contributed by atoms with Crippen LogP contribution in [-0.2, 0) is 10.4 Å². The zero-order chi connectivity index (χ0) is 16.9. The Morgan fingerprint density at radius 2 is 1.79 bits per heavy atom. The highest BCUT2D eigenvalue weighted by Gasteiger charge is 2.52. The maximum atomic E-state index is 12.9. The van der Waals surface area contributed by atoms with Crippen LogP contribution in [0.1, 0.15) is 10.4 Å². The van der Waals surface area contributed by atoms with E-state index >= 15 is 0 Å². The van der Waals surface area contributed by atoms with E-state index < -0.39 is 11.5 Å². The molecule has 0 saturated heterocycles. The van der Waals surface area contributed by atoms with Gasteiger partial charge in [-0.25, -0.2) is 4.98 Å². The molecule has 0 spiro atoms. The highest BCUT2D eigenvalue weighted by atomic mass is 32.1. The maximum absolute atomic E-state index is 12.9. The summed E-state index contributed by atoms with van der Waals surface area (Å²) in [5.41, 5.74) is 6.74. The second-order valence-corrected chi connectivity index (χ2v) is 6.72. The van der Waals surface area contributed by atoms with E-state index in [1.54, 1.807) is 13.1 Å². The third-order valence-corrected chi connectivity index (χ3v) is 5.28. The average molecular weight is 337 g/mol. The van der Waals surface area contributed by atoms with Crippen molar-refractivity contribution in [3.63, 3.8) is 0 Å². The van der Waals surface area contributed by atoms with Gasteiger partial charge in [-0.2, -0.15) is 0 Å². The predicted molar refractivity (Wildman–Crippen MR) is 94.8 cm³/mol. The van der Waals surface area contributed by atoms with Crippen molar-refractivity contribution in [3.8, 4) is 11.3 Å². The van der Waals surface area contributed by atoms with Crippen LogP contribution in [0.5, 0.6) is 0 Å². The van der Waals surface area contributed by atoms with Gasteiger partial charge in [0.1, 0.15) is 0 Å². The first-order valence-corrected chi connectivity index (χ1v) is 8.27. The lowest BCUT2D eigenvalue weighted by Crippen LogP contribution is -2.39. The summed E-state index contributed by atoms with van der Waals surface area (Å²) >= 11 is 1.14. The fourth-order valence-corrected chi connectivity index (χ4v) is 4.08. The molecule has 0 unspecified atom stereocenters. The van der Waals surface area contributed by atoms with E-state index in [4.69, 9.17) is 5.73 Å². The number of benzene rings is 2. The molecule has 2 aromatic carbocycles. The maximum Gasteiger partial charge on any atom is 0.269 e. The van der Waals surface area contributed by atoms with E-state index in [1.165, 1.54) is 4.90 Å². The lowest BCUT2D eigenvalue weighted by Gasteiger charge is -2.21. The third-order valence-electron chi connectivity index (χ3n) is 4.29. The van der Waals surface area contributed by atoms with Crippen LogP contribution in [-0.4, -0.2) is 23.0 Å². The second-order valence-electron chi connectivity index (χ2n) is 5.69. The van der Waals surface area contributed by atoms with E-state index in [0.717, 1.165) is 16.9 Å². The smallest absolute Gasteiger partial charge is 0.269 e. The van der Waals surface area contributed by atoms with E-state index in [1.807, 2.05) is 48.5 Å². The van der Waals surface area contributed by atoms with Gasteiger partial charge in [-0.05, 0) is 6.07 Å². The molecule has 6 heteroatoms. The zero-order valence-corrected chi connectivity index (χ0v) is 13.7. The molecule has 1 atom stereocenters. The minimum atomic E-state index is -1.77. The summed E-state index contributed by atoms with van der Waals surface area (Å²) in [4.78, 5) is 19.2. The Hall–Kier alpha value is -2.70. The number of rotatable bonds is 2. The normalized spacial score (nSPS) is 19.6. The van der Waals surface area contributed by atoms with Crippen molar-refractivity contribution < 1.29 is 9.90 Å². The highest BCUT2D eigenvalue weighted by molar-refractivity contribution is 7.16. The number of likely N-dealkylation sites (N-methyl/N-ethyl adjacent to an activating group) is 1. The predicted octanol–water partition coefficient (Wildman–Crippen LogP) is 2.60. The molecule has 1 amide bonds. The summed E-state index contributed by atoms with van der Waals surface area (Å²) in [5, 5.41) is 11.7. The lowest BCUT2D eigenvalue weighted by atomic mass is 9.91. The minimum Gasteiger partial charge on any atom is -0.375 e. The van der Waals surface area contributed by atoms with Crippen LogP contribution < -0.4 is 10.6 Å². The number of carbonyl (C=O) groups excluding carboxylic acids is 1. The van der Waals surface area contributed by atoms with Gasteiger partial charge in [-0.15, -0.1) is 0 Å². The van der Waals surface area contributed by atoms with Crippen LogP contribution in [0.2, 0.25) is 0 Å². The fourth-order valence-electron chi connectivity index (χ4n) is 3.13. The van der Waals surface area contributed by atoms with Gasteiger partial charge < -0.3 is 15.7 Å². The summed E-state index contributed by atoms with van der Waals surface area (Å²) in [6.07, 6.45) is 0. The number of hydrogen-bond donors (Lipinski definition) is 2. The molecule has 3 N–H and O–H groups in total. The van der Waals surface area contributed by atoms with Gasteiger partial charge in [0, 0.05) is 18.2 Å². The summed E-state index contributed by atoms with van der Waals surface area (Å²) in [6, 6.07) is 16.7. The van der Waals surface area contributed by atoms with Crippen LogP contribution in [0.25, 0.3) is 11.3 Å². The molecule has 0 fully saturated rings. The van der Waals surface area contributed by atoms with Gasteiger partial charge in [-0.3, -0.25) is 4.79 Å². The van der Waals surface area contributed by atoms with Crippen LogP contribution >= 0.6 is 11.3 Å². The Labute approximate surface area is 143 Å². The van der Waals surface area contributed by atoms with Crippen molar-refractivity contribution in [2.24, 2.45) is 0 Å². The first-order chi connectivity index (χ1) is 11.5. The molecular formula is C18H15N3O2S. The molecule has 3 aromatic rings. The minimum absolute atomic E-state index is 0.317. The second kappa shape index (κ2) is 5.15. The van der Waals surface area contributed by atoms with Gasteiger partial charge in [0.15, 0.2) is 5.13 Å². The Morgan fingerprint density at radius 1 is 1.12 bits per heavy atom. The van der Waals surface area contributed by atoms with Crippen molar-refractivity contribution >= 4 is 28.1 Å². The highest BCUT2D eigenvalue weighted by Crippen LogP contribution is 2.48. The number of nitrogens with two attached hydrogens (primary N) is 1. The monoisotopic (exact) mass is 337 g/mol. The van der Waals surface area contributed by atoms with Gasteiger partial charge in [-0.1, -0.05) is 59.9 Å². The standard InChI is InChI=1S/C18H15N3O2S/c1-21-13-10-6-5-9-12(13)18(23,16(21)22)15-14(20-17(19)24-15)11-7-3-2-4-8-11/h2-10,23H,1H3,(H2,19,20)/t18-/m1/s1. The zero-order valence-electron chi connectivity index (χ0n) is 12.9. The number of thiazole rings is 1. The van der Waals surface area contributed by atoms with Crippen molar-refractivity contribution in [2.75, 3.05) is 17.7 Å². The average Bonchev–Trinajstić information content (AvgIpc) is 3.10. The molecule has 0 radical (unpaired) electrons. The summed E-state index contributed by atoms with van der Waals surface area (Å²) in [6.45, 7) is 0. The lowest BCUT2D eigenvalue weighted by molar-refractivity contribution is -0.131. The molecule has 5 nitrogen and oxygen atoms in total. The van der Waals surface area contributed by atoms with E-state index in [2.05, 4.69) is 4.98 Å².